The zero-order valence-electron chi connectivity index (χ0n) is 14.0. The van der Waals surface area contributed by atoms with Gasteiger partial charge in [-0.25, -0.2) is 0 Å². The van der Waals surface area contributed by atoms with Gasteiger partial charge in [-0.2, -0.15) is 0 Å². The fraction of sp³-hybridized carbons (Fsp3) is 0.389. The Morgan fingerprint density at radius 1 is 1.21 bits per heavy atom. The van der Waals surface area contributed by atoms with E-state index in [-0.39, 0.29) is 6.42 Å². The highest BCUT2D eigenvalue weighted by atomic mass is 17.0. The molecular weight excluding hydrogens is 310 g/mol. The molecule has 0 heterocycles. The molecule has 2 aromatic carbocycles. The zero-order valence-corrected chi connectivity index (χ0v) is 14.0. The van der Waals surface area contributed by atoms with Crippen LogP contribution in [0.3, 0.4) is 0 Å². The summed E-state index contributed by atoms with van der Waals surface area (Å²) in [5, 5.41) is 11.7. The Bertz CT molecular complexity index is 743. The number of carbonyl (C=O) groups excluding carboxylic acids is 1. The SMILES string of the molecule is CCCC(OC(=O)[C@@H](C)c1ccc2cc(C)ccc2c1)O[N+](=O)[O-]. The van der Waals surface area contributed by atoms with E-state index in [0.717, 1.165) is 16.3 Å². The number of fused-ring (bicyclic) bond motifs is 1. The molecule has 2 aromatic rings. The van der Waals surface area contributed by atoms with Crippen LogP contribution in [0.2, 0.25) is 0 Å². The van der Waals surface area contributed by atoms with E-state index in [2.05, 4.69) is 10.9 Å². The molecule has 24 heavy (non-hydrogen) atoms. The molecule has 6 heteroatoms. The number of benzene rings is 2. The van der Waals surface area contributed by atoms with Gasteiger partial charge in [0.25, 0.3) is 5.09 Å². The molecule has 0 saturated heterocycles. The third-order valence-corrected chi connectivity index (χ3v) is 3.85. The molecule has 0 saturated carbocycles. The Morgan fingerprint density at radius 2 is 1.88 bits per heavy atom. The predicted octanol–water partition coefficient (Wildman–Crippen LogP) is 4.13. The average molecular weight is 331 g/mol. The highest BCUT2D eigenvalue weighted by Gasteiger charge is 2.23. The van der Waals surface area contributed by atoms with Crippen LogP contribution < -0.4 is 0 Å². The van der Waals surface area contributed by atoms with Crippen molar-refractivity contribution in [3.05, 3.63) is 57.6 Å². The summed E-state index contributed by atoms with van der Waals surface area (Å²) in [5.41, 5.74) is 1.97. The molecule has 1 unspecified atom stereocenters. The van der Waals surface area contributed by atoms with Crippen LogP contribution in [0, 0.1) is 17.0 Å². The molecule has 0 N–H and O–H groups in total. The molecule has 6 nitrogen and oxygen atoms in total. The second-order valence-corrected chi connectivity index (χ2v) is 5.82. The van der Waals surface area contributed by atoms with Gasteiger partial charge in [0.2, 0.25) is 6.29 Å². The first kappa shape index (κ1) is 17.7. The molecule has 2 atom stereocenters. The summed E-state index contributed by atoms with van der Waals surface area (Å²) in [4.78, 5) is 27.2. The summed E-state index contributed by atoms with van der Waals surface area (Å²) >= 11 is 0. The maximum atomic E-state index is 12.3. The monoisotopic (exact) mass is 331 g/mol. The summed E-state index contributed by atoms with van der Waals surface area (Å²) in [6.45, 7) is 5.57. The van der Waals surface area contributed by atoms with E-state index in [4.69, 9.17) is 4.74 Å². The van der Waals surface area contributed by atoms with E-state index in [0.29, 0.717) is 6.42 Å². The van der Waals surface area contributed by atoms with Crippen LogP contribution in [0.4, 0.5) is 0 Å². The number of hydrogen-bond acceptors (Lipinski definition) is 5. The average Bonchev–Trinajstić information content (AvgIpc) is 2.53. The fourth-order valence-corrected chi connectivity index (χ4v) is 2.49. The van der Waals surface area contributed by atoms with Gasteiger partial charge in [0.1, 0.15) is 0 Å². The van der Waals surface area contributed by atoms with Crippen molar-refractivity contribution < 1.29 is 19.5 Å². The summed E-state index contributed by atoms with van der Waals surface area (Å²) < 4.78 is 5.15. The molecule has 0 aliphatic carbocycles. The molecular formula is C18H21NO5. The Hall–Kier alpha value is -2.63. The van der Waals surface area contributed by atoms with Gasteiger partial charge in [-0.15, -0.1) is 10.1 Å². The summed E-state index contributed by atoms with van der Waals surface area (Å²) in [7, 11) is 0. The molecule has 0 radical (unpaired) electrons. The Kier molecular flexibility index (Phi) is 5.73. The fourth-order valence-electron chi connectivity index (χ4n) is 2.49. The summed E-state index contributed by atoms with van der Waals surface area (Å²) in [5.74, 6) is -1.08. The molecule has 0 aromatic heterocycles. The Balaban J connectivity index is 2.14. The lowest BCUT2D eigenvalue weighted by atomic mass is 9.97. The zero-order chi connectivity index (χ0) is 17.7. The van der Waals surface area contributed by atoms with Crippen molar-refractivity contribution in [2.24, 2.45) is 0 Å². The molecule has 2 rings (SSSR count). The number of nitrogens with zero attached hydrogens (tertiary/aromatic N) is 1. The van der Waals surface area contributed by atoms with Crippen LogP contribution in [-0.4, -0.2) is 17.3 Å². The van der Waals surface area contributed by atoms with Gasteiger partial charge in [-0.3, -0.25) is 9.63 Å². The molecule has 0 aliphatic rings. The molecule has 128 valence electrons. The second kappa shape index (κ2) is 7.77. The Labute approximate surface area is 140 Å². The van der Waals surface area contributed by atoms with Gasteiger partial charge >= 0.3 is 5.97 Å². The first-order chi connectivity index (χ1) is 11.4. The smallest absolute Gasteiger partial charge is 0.315 e. The normalized spacial score (nSPS) is 13.3. The van der Waals surface area contributed by atoms with Gasteiger partial charge in [0, 0.05) is 6.42 Å². The highest BCUT2D eigenvalue weighted by molar-refractivity contribution is 5.86. The standard InChI is InChI=1S/C18H21NO5/c1-4-5-17(24-19(21)22)23-18(20)13(3)14-8-9-15-10-12(2)6-7-16(15)11-14/h6-11,13,17H,4-5H2,1-3H3/t13-,17?/m0/s1. The van der Waals surface area contributed by atoms with E-state index in [1.165, 1.54) is 5.56 Å². The van der Waals surface area contributed by atoms with Crippen molar-refractivity contribution in [3.63, 3.8) is 0 Å². The van der Waals surface area contributed by atoms with E-state index in [1.54, 1.807) is 6.92 Å². The minimum Gasteiger partial charge on any atom is -0.435 e. The van der Waals surface area contributed by atoms with Crippen LogP contribution in [0.1, 0.15) is 43.7 Å². The number of ether oxygens (including phenoxy) is 1. The van der Waals surface area contributed by atoms with Crippen molar-refractivity contribution in [2.45, 2.75) is 45.8 Å². The highest BCUT2D eigenvalue weighted by Crippen LogP contribution is 2.24. The third kappa shape index (κ3) is 4.44. The van der Waals surface area contributed by atoms with Gasteiger partial charge in [-0.05, 0) is 30.2 Å². The van der Waals surface area contributed by atoms with Crippen LogP contribution in [0.5, 0.6) is 0 Å². The molecule has 0 fully saturated rings. The number of esters is 1. The van der Waals surface area contributed by atoms with Crippen molar-refractivity contribution in [2.75, 3.05) is 0 Å². The molecule has 0 bridgehead atoms. The molecule has 0 aliphatic heterocycles. The van der Waals surface area contributed by atoms with Crippen LogP contribution in [-0.2, 0) is 14.4 Å². The number of hydrogen-bond donors (Lipinski definition) is 0. The maximum absolute atomic E-state index is 12.3. The topological polar surface area (TPSA) is 78.7 Å². The Morgan fingerprint density at radius 3 is 2.54 bits per heavy atom. The largest absolute Gasteiger partial charge is 0.435 e. The number of aryl methyl sites for hydroxylation is 1. The van der Waals surface area contributed by atoms with E-state index in [1.807, 2.05) is 44.2 Å². The van der Waals surface area contributed by atoms with Gasteiger partial charge < -0.3 is 4.74 Å². The van der Waals surface area contributed by atoms with Crippen molar-refractivity contribution in [1.29, 1.82) is 0 Å². The minimum absolute atomic E-state index is 0.274. The maximum Gasteiger partial charge on any atom is 0.315 e. The van der Waals surface area contributed by atoms with Gasteiger partial charge in [0.05, 0.1) is 5.92 Å². The van der Waals surface area contributed by atoms with E-state index < -0.39 is 23.3 Å². The van der Waals surface area contributed by atoms with Crippen LogP contribution in [0.25, 0.3) is 10.8 Å². The van der Waals surface area contributed by atoms with Gasteiger partial charge in [-0.1, -0.05) is 55.3 Å². The first-order valence-corrected chi connectivity index (χ1v) is 7.92. The lowest BCUT2D eigenvalue weighted by Gasteiger charge is -2.18. The van der Waals surface area contributed by atoms with Crippen LogP contribution >= 0.6 is 0 Å². The summed E-state index contributed by atoms with van der Waals surface area (Å²) in [6.07, 6.45) is -0.283. The van der Waals surface area contributed by atoms with Crippen molar-refractivity contribution >= 4 is 16.7 Å². The number of rotatable bonds is 7. The quantitative estimate of drug-likeness (QED) is 0.330. The molecule has 0 spiro atoms. The molecule has 0 amide bonds. The minimum atomic E-state index is -1.16. The van der Waals surface area contributed by atoms with Crippen LogP contribution in [0.15, 0.2) is 36.4 Å². The third-order valence-electron chi connectivity index (χ3n) is 3.85. The second-order valence-electron chi connectivity index (χ2n) is 5.82. The van der Waals surface area contributed by atoms with E-state index >= 15 is 0 Å². The van der Waals surface area contributed by atoms with Gasteiger partial charge in [0.15, 0.2) is 0 Å². The predicted molar refractivity (Wildman–Crippen MR) is 90.0 cm³/mol. The summed E-state index contributed by atoms with van der Waals surface area (Å²) in [6, 6.07) is 11.9. The first-order valence-electron chi connectivity index (χ1n) is 7.92. The number of carbonyl (C=O) groups is 1. The van der Waals surface area contributed by atoms with E-state index in [9.17, 15) is 14.9 Å². The van der Waals surface area contributed by atoms with Crippen molar-refractivity contribution in [3.8, 4) is 0 Å². The lowest BCUT2D eigenvalue weighted by molar-refractivity contribution is -0.779. The lowest BCUT2D eigenvalue weighted by Crippen LogP contribution is -2.26. The van der Waals surface area contributed by atoms with Crippen molar-refractivity contribution in [1.82, 2.24) is 0 Å².